The summed E-state index contributed by atoms with van der Waals surface area (Å²) in [6.07, 6.45) is 0. The first-order chi connectivity index (χ1) is 9.57. The molecule has 1 aromatic rings. The van der Waals surface area contributed by atoms with Crippen molar-refractivity contribution in [2.45, 2.75) is 30.9 Å². The summed E-state index contributed by atoms with van der Waals surface area (Å²) in [5, 5.41) is 0.813. The Morgan fingerprint density at radius 3 is 2.14 bits per heavy atom. The zero-order chi connectivity index (χ0) is 16.4. The van der Waals surface area contributed by atoms with Crippen LogP contribution in [0.25, 0.3) is 0 Å². The van der Waals surface area contributed by atoms with Gasteiger partial charge in [0.05, 0.1) is 0 Å². The number of benzene rings is 1. The van der Waals surface area contributed by atoms with Crippen LogP contribution in [0.3, 0.4) is 0 Å². The molecule has 0 fully saturated rings. The van der Waals surface area contributed by atoms with Crippen LogP contribution in [0.5, 0.6) is 0 Å². The number of nitrogen functional groups attached to an aromatic ring is 1. The van der Waals surface area contributed by atoms with Gasteiger partial charge in [-0.3, -0.25) is 4.79 Å². The lowest BCUT2D eigenvalue weighted by atomic mass is 10.2. The molecule has 0 heterocycles. The average molecular weight is 320 g/mol. The van der Waals surface area contributed by atoms with E-state index in [-0.39, 0.29) is 18.2 Å². The molecule has 0 aliphatic carbocycles. The van der Waals surface area contributed by atoms with Gasteiger partial charge >= 0.3 is 0 Å². The smallest absolute Gasteiger partial charge is 0.238 e. The van der Waals surface area contributed by atoms with Gasteiger partial charge in [-0.2, -0.15) is 0 Å². The third kappa shape index (κ3) is 3.90. The molecule has 0 radical (unpaired) electrons. The molecule has 1 aromatic carbocycles. The minimum absolute atomic E-state index is 0.119. The van der Waals surface area contributed by atoms with Crippen molar-refractivity contribution in [1.29, 1.82) is 0 Å². The van der Waals surface area contributed by atoms with Crippen molar-refractivity contribution in [2.24, 2.45) is 5.92 Å². The highest BCUT2D eigenvalue weighted by molar-refractivity contribution is 7.92. The van der Waals surface area contributed by atoms with Crippen LogP contribution in [0, 0.1) is 17.6 Å². The number of nitrogens with two attached hydrogens (primary N) is 1. The molecule has 0 aromatic heterocycles. The number of nitrogens with one attached hydrogen (secondary N) is 1. The van der Waals surface area contributed by atoms with Crippen molar-refractivity contribution in [2.75, 3.05) is 12.3 Å². The summed E-state index contributed by atoms with van der Waals surface area (Å²) in [5.74, 6) is -3.31. The van der Waals surface area contributed by atoms with Gasteiger partial charge < -0.3 is 11.1 Å². The number of amides is 1. The van der Waals surface area contributed by atoms with Crippen LogP contribution in [0.1, 0.15) is 20.8 Å². The van der Waals surface area contributed by atoms with E-state index in [4.69, 9.17) is 5.73 Å². The maximum atomic E-state index is 13.7. The van der Waals surface area contributed by atoms with Crippen LogP contribution in [0.4, 0.5) is 14.5 Å². The van der Waals surface area contributed by atoms with Gasteiger partial charge in [-0.15, -0.1) is 0 Å². The van der Waals surface area contributed by atoms with E-state index in [2.05, 4.69) is 5.32 Å². The molecule has 1 rings (SSSR count). The van der Waals surface area contributed by atoms with E-state index in [1.807, 2.05) is 13.8 Å². The number of sulfone groups is 1. The summed E-state index contributed by atoms with van der Waals surface area (Å²) in [5.41, 5.74) is 5.00. The highest BCUT2D eigenvalue weighted by Crippen LogP contribution is 2.25. The molecule has 5 nitrogen and oxygen atoms in total. The molecule has 1 unspecified atom stereocenters. The predicted octanol–water partition coefficient (Wildman–Crippen LogP) is 1.48. The number of carbonyl (C=O) groups is 1. The van der Waals surface area contributed by atoms with Gasteiger partial charge in [-0.1, -0.05) is 13.8 Å². The molecular weight excluding hydrogens is 302 g/mol. The fourth-order valence-corrected chi connectivity index (χ4v) is 3.00. The molecule has 118 valence electrons. The lowest BCUT2D eigenvalue weighted by molar-refractivity contribution is -0.120. The monoisotopic (exact) mass is 320 g/mol. The summed E-state index contributed by atoms with van der Waals surface area (Å²) < 4.78 is 51.8. The van der Waals surface area contributed by atoms with Crippen molar-refractivity contribution in [3.63, 3.8) is 0 Å². The van der Waals surface area contributed by atoms with Crippen LogP contribution in [0.15, 0.2) is 17.0 Å². The fourth-order valence-electron chi connectivity index (χ4n) is 1.62. The Kier molecular flexibility index (Phi) is 5.27. The Morgan fingerprint density at radius 2 is 1.71 bits per heavy atom. The Balaban J connectivity index is 3.14. The molecule has 0 saturated heterocycles. The second-order valence-corrected chi connectivity index (χ2v) is 7.35. The molecule has 1 atom stereocenters. The second-order valence-electron chi connectivity index (χ2n) is 5.14. The zero-order valence-corrected chi connectivity index (χ0v) is 12.8. The third-order valence-electron chi connectivity index (χ3n) is 2.82. The van der Waals surface area contributed by atoms with Crippen LogP contribution in [-0.4, -0.2) is 26.1 Å². The molecule has 0 aliphatic heterocycles. The summed E-state index contributed by atoms with van der Waals surface area (Å²) in [6.45, 7) is 5.02. The molecule has 0 saturated carbocycles. The predicted molar refractivity (Wildman–Crippen MR) is 75.3 cm³/mol. The first kappa shape index (κ1) is 17.4. The van der Waals surface area contributed by atoms with Crippen molar-refractivity contribution >= 4 is 21.4 Å². The SMILES string of the molecule is CC(C)CNC(=O)C(C)S(=O)(=O)c1c(F)cc(N)cc1F. The van der Waals surface area contributed by atoms with Crippen molar-refractivity contribution < 1.29 is 22.0 Å². The van der Waals surface area contributed by atoms with E-state index in [0.29, 0.717) is 12.1 Å². The van der Waals surface area contributed by atoms with Gasteiger partial charge in [0.15, 0.2) is 9.84 Å². The Hall–Kier alpha value is -1.70. The maximum absolute atomic E-state index is 13.7. The van der Waals surface area contributed by atoms with E-state index in [1.54, 1.807) is 0 Å². The molecule has 1 amide bonds. The molecule has 8 heteroatoms. The van der Waals surface area contributed by atoms with Gasteiger partial charge in [0.25, 0.3) is 0 Å². The number of hydrogen-bond donors (Lipinski definition) is 2. The van der Waals surface area contributed by atoms with Gasteiger partial charge in [0.2, 0.25) is 5.91 Å². The van der Waals surface area contributed by atoms with Crippen molar-refractivity contribution in [1.82, 2.24) is 5.32 Å². The Labute approximate surface area is 122 Å². The van der Waals surface area contributed by atoms with Crippen LogP contribution < -0.4 is 11.1 Å². The first-order valence-electron chi connectivity index (χ1n) is 6.33. The maximum Gasteiger partial charge on any atom is 0.238 e. The van der Waals surface area contributed by atoms with E-state index >= 15 is 0 Å². The molecule has 21 heavy (non-hydrogen) atoms. The summed E-state index contributed by atoms with van der Waals surface area (Å²) in [7, 11) is -4.48. The largest absolute Gasteiger partial charge is 0.399 e. The van der Waals surface area contributed by atoms with Crippen molar-refractivity contribution in [3.8, 4) is 0 Å². The number of anilines is 1. The molecule has 0 spiro atoms. The van der Waals surface area contributed by atoms with E-state index in [0.717, 1.165) is 6.92 Å². The Bertz CT molecular complexity index is 622. The third-order valence-corrected chi connectivity index (χ3v) is 4.93. The standard InChI is InChI=1S/C13H18F2N2O3S/c1-7(2)6-17-13(18)8(3)21(19,20)12-10(14)4-9(16)5-11(12)15/h4-5,7-8H,6,16H2,1-3H3,(H,17,18). The number of rotatable bonds is 5. The highest BCUT2D eigenvalue weighted by atomic mass is 32.2. The minimum atomic E-state index is -4.48. The lowest BCUT2D eigenvalue weighted by Crippen LogP contribution is -2.40. The highest BCUT2D eigenvalue weighted by Gasteiger charge is 2.34. The lowest BCUT2D eigenvalue weighted by Gasteiger charge is -2.15. The topological polar surface area (TPSA) is 89.3 Å². The number of carbonyl (C=O) groups excluding carboxylic acids is 1. The summed E-state index contributed by atoms with van der Waals surface area (Å²) in [4.78, 5) is 10.7. The minimum Gasteiger partial charge on any atom is -0.399 e. The quantitative estimate of drug-likeness (QED) is 0.804. The molecular formula is C13H18F2N2O3S. The van der Waals surface area contributed by atoms with E-state index in [1.165, 1.54) is 0 Å². The van der Waals surface area contributed by atoms with Gasteiger partial charge in [0, 0.05) is 12.2 Å². The first-order valence-corrected chi connectivity index (χ1v) is 7.88. The van der Waals surface area contributed by atoms with Gasteiger partial charge in [-0.25, -0.2) is 17.2 Å². The van der Waals surface area contributed by atoms with Crippen LogP contribution >= 0.6 is 0 Å². The van der Waals surface area contributed by atoms with E-state index in [9.17, 15) is 22.0 Å². The van der Waals surface area contributed by atoms with E-state index < -0.39 is 37.5 Å². The van der Waals surface area contributed by atoms with Gasteiger partial charge in [0.1, 0.15) is 21.8 Å². The van der Waals surface area contributed by atoms with Crippen molar-refractivity contribution in [3.05, 3.63) is 23.8 Å². The fraction of sp³-hybridized carbons (Fsp3) is 0.462. The average Bonchev–Trinajstić information content (AvgIpc) is 2.33. The normalized spacial score (nSPS) is 13.2. The summed E-state index contributed by atoms with van der Waals surface area (Å²) >= 11 is 0. The Morgan fingerprint density at radius 1 is 1.24 bits per heavy atom. The number of hydrogen-bond acceptors (Lipinski definition) is 4. The molecule has 0 bridgehead atoms. The second kappa shape index (κ2) is 6.38. The molecule has 0 aliphatic rings. The van der Waals surface area contributed by atoms with Crippen LogP contribution in [0.2, 0.25) is 0 Å². The van der Waals surface area contributed by atoms with Crippen LogP contribution in [-0.2, 0) is 14.6 Å². The molecule has 3 N–H and O–H groups in total. The van der Waals surface area contributed by atoms with Gasteiger partial charge in [-0.05, 0) is 25.0 Å². The number of halogens is 2. The zero-order valence-electron chi connectivity index (χ0n) is 12.0. The summed E-state index contributed by atoms with van der Waals surface area (Å²) in [6, 6.07) is 1.41.